The maximum atomic E-state index is 13.1. The smallest absolute Gasteiger partial charge is 0.265 e. The van der Waals surface area contributed by atoms with Gasteiger partial charge < -0.3 is 14.8 Å². The Morgan fingerprint density at radius 2 is 1.91 bits per heavy atom. The van der Waals surface area contributed by atoms with E-state index in [0.29, 0.717) is 23.6 Å². The zero-order chi connectivity index (χ0) is 15.9. The SMILES string of the molecule is CCC(Oc1cccc(OC)c1)C(=O)Nc1cccc(F)c1. The molecular weight excluding hydrogens is 285 g/mol. The van der Waals surface area contributed by atoms with Gasteiger partial charge >= 0.3 is 0 Å². The number of halogens is 1. The lowest BCUT2D eigenvalue weighted by Gasteiger charge is -2.17. The van der Waals surface area contributed by atoms with Crippen LogP contribution in [-0.4, -0.2) is 19.1 Å². The molecule has 1 atom stereocenters. The monoisotopic (exact) mass is 303 g/mol. The van der Waals surface area contributed by atoms with Gasteiger partial charge in [0, 0.05) is 11.8 Å². The summed E-state index contributed by atoms with van der Waals surface area (Å²) in [6, 6.07) is 12.8. The highest BCUT2D eigenvalue weighted by Gasteiger charge is 2.19. The summed E-state index contributed by atoms with van der Waals surface area (Å²) < 4.78 is 23.9. The fourth-order valence-electron chi connectivity index (χ4n) is 1.95. The number of anilines is 1. The second-order valence-corrected chi connectivity index (χ2v) is 4.69. The molecule has 0 radical (unpaired) electrons. The molecule has 0 saturated carbocycles. The molecule has 1 N–H and O–H groups in total. The zero-order valence-electron chi connectivity index (χ0n) is 12.5. The van der Waals surface area contributed by atoms with Crippen molar-refractivity contribution in [3.8, 4) is 11.5 Å². The molecule has 0 spiro atoms. The summed E-state index contributed by atoms with van der Waals surface area (Å²) in [6.07, 6.45) is -0.186. The lowest BCUT2D eigenvalue weighted by Crippen LogP contribution is -2.32. The maximum absolute atomic E-state index is 13.1. The normalized spacial score (nSPS) is 11.6. The number of hydrogen-bond donors (Lipinski definition) is 1. The summed E-state index contributed by atoms with van der Waals surface area (Å²) in [5, 5.41) is 2.65. The minimum Gasteiger partial charge on any atom is -0.497 e. The van der Waals surface area contributed by atoms with Gasteiger partial charge in [-0.15, -0.1) is 0 Å². The summed E-state index contributed by atoms with van der Waals surface area (Å²) >= 11 is 0. The zero-order valence-corrected chi connectivity index (χ0v) is 12.5. The molecule has 5 heteroatoms. The molecule has 0 bridgehead atoms. The van der Waals surface area contributed by atoms with Gasteiger partial charge in [0.25, 0.3) is 5.91 Å². The van der Waals surface area contributed by atoms with Gasteiger partial charge in [-0.1, -0.05) is 19.1 Å². The number of ether oxygens (including phenoxy) is 2. The van der Waals surface area contributed by atoms with Gasteiger partial charge in [-0.25, -0.2) is 4.39 Å². The van der Waals surface area contributed by atoms with E-state index in [4.69, 9.17) is 9.47 Å². The highest BCUT2D eigenvalue weighted by Crippen LogP contribution is 2.21. The Morgan fingerprint density at radius 1 is 1.18 bits per heavy atom. The minimum absolute atomic E-state index is 0.323. The number of amides is 1. The molecule has 1 unspecified atom stereocenters. The fraction of sp³-hybridized carbons (Fsp3) is 0.235. The topological polar surface area (TPSA) is 47.6 Å². The molecule has 0 fully saturated rings. The first-order valence-electron chi connectivity index (χ1n) is 6.99. The first-order valence-corrected chi connectivity index (χ1v) is 6.99. The van der Waals surface area contributed by atoms with Crippen molar-refractivity contribution in [2.75, 3.05) is 12.4 Å². The third kappa shape index (κ3) is 4.22. The molecule has 22 heavy (non-hydrogen) atoms. The number of carbonyl (C=O) groups excluding carboxylic acids is 1. The van der Waals surface area contributed by atoms with Crippen LogP contribution in [0.1, 0.15) is 13.3 Å². The number of nitrogens with one attached hydrogen (secondary N) is 1. The van der Waals surface area contributed by atoms with E-state index >= 15 is 0 Å². The number of rotatable bonds is 6. The molecule has 0 aliphatic heterocycles. The number of hydrogen-bond acceptors (Lipinski definition) is 3. The molecule has 2 aromatic rings. The Bertz CT molecular complexity index is 645. The molecular formula is C17H18FNO3. The highest BCUT2D eigenvalue weighted by molar-refractivity contribution is 5.94. The van der Waals surface area contributed by atoms with Crippen molar-refractivity contribution in [2.45, 2.75) is 19.4 Å². The molecule has 4 nitrogen and oxygen atoms in total. The quantitative estimate of drug-likeness (QED) is 0.886. The Hall–Kier alpha value is -2.56. The van der Waals surface area contributed by atoms with Crippen molar-refractivity contribution < 1.29 is 18.7 Å². The van der Waals surface area contributed by atoms with Gasteiger partial charge in [0.2, 0.25) is 0 Å². The van der Waals surface area contributed by atoms with Crippen molar-refractivity contribution in [2.24, 2.45) is 0 Å². The van der Waals surface area contributed by atoms with Crippen LogP contribution in [0, 0.1) is 5.82 Å². The van der Waals surface area contributed by atoms with Crippen molar-refractivity contribution in [3.05, 3.63) is 54.3 Å². The molecule has 0 saturated heterocycles. The van der Waals surface area contributed by atoms with Gasteiger partial charge in [0.15, 0.2) is 6.10 Å². The number of methoxy groups -OCH3 is 1. The van der Waals surface area contributed by atoms with E-state index in [1.165, 1.54) is 18.2 Å². The maximum Gasteiger partial charge on any atom is 0.265 e. The van der Waals surface area contributed by atoms with Crippen LogP contribution < -0.4 is 14.8 Å². The number of benzene rings is 2. The van der Waals surface area contributed by atoms with Crippen molar-refractivity contribution in [3.63, 3.8) is 0 Å². The largest absolute Gasteiger partial charge is 0.497 e. The van der Waals surface area contributed by atoms with Gasteiger partial charge in [0.05, 0.1) is 7.11 Å². The second kappa shape index (κ2) is 7.45. The van der Waals surface area contributed by atoms with Gasteiger partial charge in [-0.3, -0.25) is 4.79 Å². The van der Waals surface area contributed by atoms with Crippen LogP contribution in [0.4, 0.5) is 10.1 Å². The lowest BCUT2D eigenvalue weighted by molar-refractivity contribution is -0.122. The standard InChI is InChI=1S/C17H18FNO3/c1-3-16(22-15-9-5-8-14(11-15)21-2)17(20)19-13-7-4-6-12(18)10-13/h4-11,16H,3H2,1-2H3,(H,19,20). The third-order valence-electron chi connectivity index (χ3n) is 3.07. The van der Waals surface area contributed by atoms with Gasteiger partial charge in [-0.05, 0) is 36.8 Å². The van der Waals surface area contributed by atoms with E-state index in [-0.39, 0.29) is 5.91 Å². The first kappa shape index (κ1) is 15.8. The summed E-state index contributed by atoms with van der Waals surface area (Å²) in [7, 11) is 1.56. The predicted octanol–water partition coefficient (Wildman–Crippen LogP) is 3.63. The predicted molar refractivity (Wildman–Crippen MR) is 82.7 cm³/mol. The Balaban J connectivity index is 2.05. The molecule has 0 aromatic heterocycles. The summed E-state index contributed by atoms with van der Waals surface area (Å²) in [5.74, 6) is 0.467. The van der Waals surface area contributed by atoms with E-state index in [1.807, 2.05) is 6.92 Å². The molecule has 0 aliphatic rings. The number of carbonyl (C=O) groups is 1. The molecule has 116 valence electrons. The van der Waals surface area contributed by atoms with E-state index < -0.39 is 11.9 Å². The molecule has 0 aliphatic carbocycles. The summed E-state index contributed by atoms with van der Waals surface area (Å²) in [4.78, 5) is 12.2. The average Bonchev–Trinajstić information content (AvgIpc) is 2.52. The Kier molecular flexibility index (Phi) is 5.36. The average molecular weight is 303 g/mol. The van der Waals surface area contributed by atoms with E-state index in [2.05, 4.69) is 5.32 Å². The van der Waals surface area contributed by atoms with Crippen LogP contribution in [0.25, 0.3) is 0 Å². The first-order chi connectivity index (χ1) is 10.6. The fourth-order valence-corrected chi connectivity index (χ4v) is 1.95. The van der Waals surface area contributed by atoms with Crippen molar-refractivity contribution >= 4 is 11.6 Å². The van der Waals surface area contributed by atoms with Crippen LogP contribution in [0.3, 0.4) is 0 Å². The Labute approximate surface area is 128 Å². The molecule has 1 amide bonds. The molecule has 0 heterocycles. The van der Waals surface area contributed by atoms with E-state index in [1.54, 1.807) is 37.4 Å². The molecule has 2 aromatic carbocycles. The van der Waals surface area contributed by atoms with Crippen molar-refractivity contribution in [1.82, 2.24) is 0 Å². The lowest BCUT2D eigenvalue weighted by atomic mass is 10.2. The molecule has 2 rings (SSSR count). The van der Waals surface area contributed by atoms with Crippen LogP contribution in [0.15, 0.2) is 48.5 Å². The second-order valence-electron chi connectivity index (χ2n) is 4.69. The van der Waals surface area contributed by atoms with E-state index in [9.17, 15) is 9.18 Å². The van der Waals surface area contributed by atoms with Crippen LogP contribution >= 0.6 is 0 Å². The highest BCUT2D eigenvalue weighted by atomic mass is 19.1. The van der Waals surface area contributed by atoms with Crippen LogP contribution in [-0.2, 0) is 4.79 Å². The van der Waals surface area contributed by atoms with E-state index in [0.717, 1.165) is 0 Å². The minimum atomic E-state index is -0.671. The van der Waals surface area contributed by atoms with Crippen molar-refractivity contribution in [1.29, 1.82) is 0 Å². The van der Waals surface area contributed by atoms with Crippen LogP contribution in [0.2, 0.25) is 0 Å². The summed E-state index contributed by atoms with van der Waals surface area (Å²) in [5.41, 5.74) is 0.401. The van der Waals surface area contributed by atoms with Gasteiger partial charge in [-0.2, -0.15) is 0 Å². The van der Waals surface area contributed by atoms with Gasteiger partial charge in [0.1, 0.15) is 17.3 Å². The Morgan fingerprint density at radius 3 is 2.59 bits per heavy atom. The summed E-state index contributed by atoms with van der Waals surface area (Å²) in [6.45, 7) is 1.84. The third-order valence-corrected chi connectivity index (χ3v) is 3.07. The van der Waals surface area contributed by atoms with Crippen LogP contribution in [0.5, 0.6) is 11.5 Å².